The monoisotopic (exact) mass is 294 g/mol. The molecule has 0 saturated carbocycles. The Balaban J connectivity index is 1.87. The molecule has 0 bridgehead atoms. The molecule has 4 nitrogen and oxygen atoms in total. The second-order valence-electron chi connectivity index (χ2n) is 4.93. The predicted molar refractivity (Wildman–Crippen MR) is 81.6 cm³/mol. The molecule has 0 spiro atoms. The first kappa shape index (κ1) is 13.0. The number of hydrogen-bond acceptors (Lipinski definition) is 4. The molecule has 0 aliphatic carbocycles. The molecular formula is C18H14O4. The van der Waals surface area contributed by atoms with Crippen LogP contribution in [0.5, 0.6) is 11.5 Å². The smallest absolute Gasteiger partial charge is 0.360 e. The van der Waals surface area contributed by atoms with Gasteiger partial charge >= 0.3 is 6.48 Å². The number of benzene rings is 2. The van der Waals surface area contributed by atoms with Gasteiger partial charge in [-0.2, -0.15) is 0 Å². The van der Waals surface area contributed by atoms with Crippen LogP contribution < -0.4 is 9.47 Å². The molecule has 3 aromatic rings. The van der Waals surface area contributed by atoms with E-state index >= 15 is 0 Å². The highest BCUT2D eigenvalue weighted by Crippen LogP contribution is 2.44. The first-order valence-corrected chi connectivity index (χ1v) is 7.00. The maximum Gasteiger partial charge on any atom is 0.360 e. The summed E-state index contributed by atoms with van der Waals surface area (Å²) >= 11 is 0. The van der Waals surface area contributed by atoms with E-state index in [1.165, 1.54) is 7.11 Å². The van der Waals surface area contributed by atoms with E-state index in [0.29, 0.717) is 17.3 Å². The number of rotatable bonds is 2. The molecule has 110 valence electrons. The first-order chi connectivity index (χ1) is 10.8. The predicted octanol–water partition coefficient (Wildman–Crippen LogP) is 4.31. The van der Waals surface area contributed by atoms with Crippen LogP contribution in [-0.4, -0.2) is 13.6 Å². The van der Waals surface area contributed by atoms with Gasteiger partial charge in [0, 0.05) is 18.7 Å². The topological polar surface area (TPSA) is 40.8 Å². The third kappa shape index (κ3) is 2.14. The van der Waals surface area contributed by atoms with E-state index in [9.17, 15) is 0 Å². The summed E-state index contributed by atoms with van der Waals surface area (Å²) in [6.07, 6.45) is 0. The average Bonchev–Trinajstić information content (AvgIpc) is 2.93. The van der Waals surface area contributed by atoms with Gasteiger partial charge in [0.1, 0.15) is 11.5 Å². The Kier molecular flexibility index (Phi) is 3.09. The van der Waals surface area contributed by atoms with E-state index in [-0.39, 0.29) is 0 Å². The molecule has 0 fully saturated rings. The van der Waals surface area contributed by atoms with Crippen molar-refractivity contribution in [2.24, 2.45) is 0 Å². The zero-order valence-corrected chi connectivity index (χ0v) is 12.0. The molecular weight excluding hydrogens is 280 g/mol. The van der Waals surface area contributed by atoms with Gasteiger partial charge < -0.3 is 18.6 Å². The Bertz CT molecular complexity index is 792. The SMILES string of the molecule is COC1Oc2ccccc2-c2oc(-c3ccccc3)cc2O1. The Morgan fingerprint density at radius 3 is 2.41 bits per heavy atom. The summed E-state index contributed by atoms with van der Waals surface area (Å²) in [5, 5.41) is 0. The summed E-state index contributed by atoms with van der Waals surface area (Å²) in [7, 11) is 1.54. The molecule has 0 radical (unpaired) electrons. The van der Waals surface area contributed by atoms with E-state index in [1.54, 1.807) is 0 Å². The van der Waals surface area contributed by atoms with Crippen LogP contribution in [0, 0.1) is 0 Å². The summed E-state index contributed by atoms with van der Waals surface area (Å²) in [5.41, 5.74) is 1.84. The van der Waals surface area contributed by atoms with Crippen molar-refractivity contribution in [1.29, 1.82) is 0 Å². The van der Waals surface area contributed by atoms with Gasteiger partial charge in [0.05, 0.1) is 5.56 Å². The average molecular weight is 294 g/mol. The van der Waals surface area contributed by atoms with Crippen molar-refractivity contribution in [2.45, 2.75) is 6.48 Å². The van der Waals surface area contributed by atoms with Gasteiger partial charge in [-0.1, -0.05) is 42.5 Å². The summed E-state index contributed by atoms with van der Waals surface area (Å²) in [5.74, 6) is 2.67. The summed E-state index contributed by atoms with van der Waals surface area (Å²) in [4.78, 5) is 0. The van der Waals surface area contributed by atoms with Gasteiger partial charge in [0.25, 0.3) is 0 Å². The van der Waals surface area contributed by atoms with E-state index in [4.69, 9.17) is 18.6 Å². The molecule has 2 heterocycles. The lowest BCUT2D eigenvalue weighted by Crippen LogP contribution is -2.24. The van der Waals surface area contributed by atoms with Crippen LogP contribution in [0.4, 0.5) is 0 Å². The number of para-hydroxylation sites is 1. The lowest BCUT2D eigenvalue weighted by Gasteiger charge is -2.15. The highest BCUT2D eigenvalue weighted by molar-refractivity contribution is 5.75. The van der Waals surface area contributed by atoms with Gasteiger partial charge in [-0.05, 0) is 12.1 Å². The molecule has 1 aliphatic heterocycles. The molecule has 1 unspecified atom stereocenters. The fourth-order valence-electron chi connectivity index (χ4n) is 2.48. The molecule has 1 aromatic heterocycles. The van der Waals surface area contributed by atoms with Crippen molar-refractivity contribution in [3.8, 4) is 34.1 Å². The van der Waals surface area contributed by atoms with Gasteiger partial charge in [0.15, 0.2) is 11.5 Å². The van der Waals surface area contributed by atoms with Gasteiger partial charge in [-0.25, -0.2) is 0 Å². The van der Waals surface area contributed by atoms with Crippen molar-refractivity contribution in [1.82, 2.24) is 0 Å². The summed E-state index contributed by atoms with van der Waals surface area (Å²) in [6.45, 7) is -0.802. The number of furan rings is 1. The van der Waals surface area contributed by atoms with Crippen LogP contribution in [0.2, 0.25) is 0 Å². The van der Waals surface area contributed by atoms with Crippen molar-refractivity contribution < 1.29 is 18.6 Å². The number of ether oxygens (including phenoxy) is 3. The zero-order valence-electron chi connectivity index (χ0n) is 12.0. The fraction of sp³-hybridized carbons (Fsp3) is 0.111. The minimum atomic E-state index is -0.802. The molecule has 0 amide bonds. The molecule has 4 heteroatoms. The summed E-state index contributed by atoms with van der Waals surface area (Å²) in [6, 6.07) is 19.4. The Labute approximate surface area is 127 Å². The first-order valence-electron chi connectivity index (χ1n) is 7.00. The van der Waals surface area contributed by atoms with Crippen LogP contribution >= 0.6 is 0 Å². The van der Waals surface area contributed by atoms with E-state index in [2.05, 4.69) is 0 Å². The minimum Gasteiger partial charge on any atom is -0.452 e. The maximum atomic E-state index is 6.03. The molecule has 1 aliphatic rings. The third-order valence-electron chi connectivity index (χ3n) is 3.53. The molecule has 0 saturated heterocycles. The largest absolute Gasteiger partial charge is 0.452 e. The van der Waals surface area contributed by atoms with Gasteiger partial charge in [-0.15, -0.1) is 0 Å². The van der Waals surface area contributed by atoms with Crippen LogP contribution in [0.15, 0.2) is 65.1 Å². The zero-order chi connectivity index (χ0) is 14.9. The fourth-order valence-corrected chi connectivity index (χ4v) is 2.48. The van der Waals surface area contributed by atoms with Crippen LogP contribution in [-0.2, 0) is 4.74 Å². The van der Waals surface area contributed by atoms with Gasteiger partial charge in [-0.3, -0.25) is 0 Å². The second kappa shape index (κ2) is 5.24. The molecule has 0 N–H and O–H groups in total. The van der Waals surface area contributed by atoms with Crippen LogP contribution in [0.3, 0.4) is 0 Å². The number of methoxy groups -OCH3 is 1. The summed E-state index contributed by atoms with van der Waals surface area (Å²) < 4.78 is 22.7. The molecule has 2 aromatic carbocycles. The van der Waals surface area contributed by atoms with Crippen molar-refractivity contribution in [3.05, 3.63) is 60.7 Å². The number of hydrogen-bond donors (Lipinski definition) is 0. The van der Waals surface area contributed by atoms with Crippen molar-refractivity contribution in [2.75, 3.05) is 7.11 Å². The molecule has 1 atom stereocenters. The lowest BCUT2D eigenvalue weighted by atomic mass is 10.1. The normalized spacial score (nSPS) is 16.0. The Morgan fingerprint density at radius 1 is 0.864 bits per heavy atom. The quantitative estimate of drug-likeness (QED) is 0.706. The highest BCUT2D eigenvalue weighted by Gasteiger charge is 2.27. The highest BCUT2D eigenvalue weighted by atomic mass is 16.8. The van der Waals surface area contributed by atoms with Crippen LogP contribution in [0.1, 0.15) is 0 Å². The molecule has 22 heavy (non-hydrogen) atoms. The third-order valence-corrected chi connectivity index (χ3v) is 3.53. The Hall–Kier alpha value is -2.72. The van der Waals surface area contributed by atoms with E-state index < -0.39 is 6.48 Å². The number of fused-ring (bicyclic) bond motifs is 3. The van der Waals surface area contributed by atoms with Crippen LogP contribution in [0.25, 0.3) is 22.6 Å². The molecule has 4 rings (SSSR count). The van der Waals surface area contributed by atoms with Gasteiger partial charge in [0.2, 0.25) is 0 Å². The minimum absolute atomic E-state index is 0.607. The second-order valence-corrected chi connectivity index (χ2v) is 4.93. The lowest BCUT2D eigenvalue weighted by molar-refractivity contribution is -0.180. The Morgan fingerprint density at radius 2 is 1.59 bits per heavy atom. The maximum absolute atomic E-state index is 6.03. The van der Waals surface area contributed by atoms with E-state index in [0.717, 1.165) is 16.9 Å². The standard InChI is InChI=1S/C18H14O4/c1-19-18-21-14-10-6-5-9-13(14)17-16(22-18)11-15(20-17)12-7-3-2-4-8-12/h2-11,18H,1H3. The van der Waals surface area contributed by atoms with E-state index in [1.807, 2.05) is 60.7 Å². The van der Waals surface area contributed by atoms with Crippen molar-refractivity contribution >= 4 is 0 Å². The van der Waals surface area contributed by atoms with Crippen molar-refractivity contribution in [3.63, 3.8) is 0 Å².